The molecule has 0 fully saturated rings. The minimum absolute atomic E-state index is 0.117. The maximum atomic E-state index is 10.9. The van der Waals surface area contributed by atoms with Gasteiger partial charge < -0.3 is 10.1 Å². The highest BCUT2D eigenvalue weighted by Gasteiger charge is 2.03. The quantitative estimate of drug-likeness (QED) is 0.566. The highest BCUT2D eigenvalue weighted by atomic mass is 16.5. The fourth-order valence-electron chi connectivity index (χ4n) is 1.59. The second-order valence-corrected chi connectivity index (χ2v) is 4.13. The number of benzene rings is 1. The van der Waals surface area contributed by atoms with Crippen LogP contribution >= 0.6 is 0 Å². The first-order valence-electron chi connectivity index (χ1n) is 6.31. The minimum Gasteiger partial charge on any atom is -0.374 e. The van der Waals surface area contributed by atoms with Gasteiger partial charge in [-0.25, -0.2) is 0 Å². The van der Waals surface area contributed by atoms with Gasteiger partial charge in [0, 0.05) is 13.2 Å². The number of hydrogen-bond donors (Lipinski definition) is 1. The molecule has 0 bridgehead atoms. The average molecular weight is 247 g/mol. The fraction of sp³-hybridized carbons (Fsp3) is 0.400. The molecule has 0 aliphatic carbocycles. The van der Waals surface area contributed by atoms with Crippen molar-refractivity contribution in [1.82, 2.24) is 5.32 Å². The van der Waals surface area contributed by atoms with Gasteiger partial charge in [-0.3, -0.25) is 4.79 Å². The third-order valence-electron chi connectivity index (χ3n) is 2.69. The number of nitrogens with one attached hydrogen (secondary N) is 1. The van der Waals surface area contributed by atoms with Crippen LogP contribution in [0.25, 0.3) is 0 Å². The average Bonchev–Trinajstić information content (AvgIpc) is 2.43. The van der Waals surface area contributed by atoms with Gasteiger partial charge in [0.2, 0.25) is 5.91 Å². The zero-order chi connectivity index (χ0) is 13.2. The Bertz CT molecular complexity index is 362. The van der Waals surface area contributed by atoms with Crippen molar-refractivity contribution in [3.05, 3.63) is 48.6 Å². The number of carbonyl (C=O) groups excluding carboxylic acids is 1. The summed E-state index contributed by atoms with van der Waals surface area (Å²) < 4.78 is 5.73. The number of carbonyl (C=O) groups is 1. The number of ether oxygens (including phenoxy) is 1. The lowest BCUT2D eigenvalue weighted by Crippen LogP contribution is -2.22. The normalized spacial score (nSPS) is 11.8. The van der Waals surface area contributed by atoms with Crippen LogP contribution < -0.4 is 5.32 Å². The smallest absolute Gasteiger partial charge is 0.243 e. The molecule has 0 heterocycles. The van der Waals surface area contributed by atoms with E-state index in [1.165, 1.54) is 11.6 Å². The molecule has 0 aliphatic heterocycles. The van der Waals surface area contributed by atoms with Gasteiger partial charge >= 0.3 is 0 Å². The number of amides is 1. The molecular formula is C15H21NO2. The lowest BCUT2D eigenvalue weighted by molar-refractivity contribution is -0.116. The predicted octanol–water partition coefficient (Wildman–Crippen LogP) is 2.85. The maximum absolute atomic E-state index is 10.9. The summed E-state index contributed by atoms with van der Waals surface area (Å²) in [6.45, 7) is 6.83. The molecule has 98 valence electrons. The van der Waals surface area contributed by atoms with Gasteiger partial charge in [0.05, 0.1) is 6.10 Å². The Labute approximate surface area is 109 Å². The summed E-state index contributed by atoms with van der Waals surface area (Å²) in [6, 6.07) is 10.2. The lowest BCUT2D eigenvalue weighted by Gasteiger charge is -2.13. The molecule has 0 saturated carbocycles. The van der Waals surface area contributed by atoms with Crippen LogP contribution in [0.4, 0.5) is 0 Å². The highest BCUT2D eigenvalue weighted by molar-refractivity contribution is 5.86. The SMILES string of the molecule is C=CC(=O)NCCCCOC(C)c1ccccc1. The second-order valence-electron chi connectivity index (χ2n) is 4.13. The summed E-state index contributed by atoms with van der Waals surface area (Å²) >= 11 is 0. The van der Waals surface area contributed by atoms with E-state index >= 15 is 0 Å². The number of rotatable bonds is 8. The topological polar surface area (TPSA) is 38.3 Å². The monoisotopic (exact) mass is 247 g/mol. The first-order valence-corrected chi connectivity index (χ1v) is 6.31. The summed E-state index contributed by atoms with van der Waals surface area (Å²) in [7, 11) is 0. The van der Waals surface area contributed by atoms with Crippen LogP contribution in [0.1, 0.15) is 31.4 Å². The molecule has 1 unspecified atom stereocenters. The van der Waals surface area contributed by atoms with Gasteiger partial charge in [0.1, 0.15) is 0 Å². The number of unbranched alkanes of at least 4 members (excludes halogenated alkanes) is 1. The van der Waals surface area contributed by atoms with Gasteiger partial charge in [0.25, 0.3) is 0 Å². The van der Waals surface area contributed by atoms with Gasteiger partial charge in [-0.1, -0.05) is 36.9 Å². The van der Waals surface area contributed by atoms with Crippen LogP contribution in [0.15, 0.2) is 43.0 Å². The van der Waals surface area contributed by atoms with E-state index in [0.717, 1.165) is 12.8 Å². The van der Waals surface area contributed by atoms with Gasteiger partial charge in [0.15, 0.2) is 0 Å². The van der Waals surface area contributed by atoms with E-state index in [1.54, 1.807) is 0 Å². The summed E-state index contributed by atoms with van der Waals surface area (Å²) in [5, 5.41) is 2.74. The van der Waals surface area contributed by atoms with Crippen LogP contribution in [-0.4, -0.2) is 19.1 Å². The third kappa shape index (κ3) is 5.64. The summed E-state index contributed by atoms with van der Waals surface area (Å²) in [6.07, 6.45) is 3.26. The highest BCUT2D eigenvalue weighted by Crippen LogP contribution is 2.15. The molecule has 18 heavy (non-hydrogen) atoms. The van der Waals surface area contributed by atoms with Crippen molar-refractivity contribution in [3.63, 3.8) is 0 Å². The second kappa shape index (κ2) is 8.48. The molecule has 0 radical (unpaired) electrons. The molecule has 1 rings (SSSR count). The van der Waals surface area contributed by atoms with Crippen LogP contribution in [0, 0.1) is 0 Å². The van der Waals surface area contributed by atoms with E-state index < -0.39 is 0 Å². The Morgan fingerprint density at radius 1 is 1.39 bits per heavy atom. The zero-order valence-corrected chi connectivity index (χ0v) is 10.9. The van der Waals surface area contributed by atoms with Gasteiger partial charge in [-0.2, -0.15) is 0 Å². The van der Waals surface area contributed by atoms with E-state index in [1.807, 2.05) is 18.2 Å². The van der Waals surface area contributed by atoms with Gasteiger partial charge in [-0.15, -0.1) is 0 Å². The number of hydrogen-bond acceptors (Lipinski definition) is 2. The van der Waals surface area contributed by atoms with Crippen molar-refractivity contribution in [2.24, 2.45) is 0 Å². The Hall–Kier alpha value is -1.61. The van der Waals surface area contributed by atoms with Crippen LogP contribution in [0.2, 0.25) is 0 Å². The molecule has 0 saturated heterocycles. The van der Waals surface area contributed by atoms with Gasteiger partial charge in [-0.05, 0) is 31.4 Å². The molecule has 0 aliphatic rings. The van der Waals surface area contributed by atoms with Crippen molar-refractivity contribution < 1.29 is 9.53 Å². The molecule has 1 aromatic carbocycles. The first-order chi connectivity index (χ1) is 8.74. The van der Waals surface area contributed by atoms with Crippen LogP contribution in [-0.2, 0) is 9.53 Å². The molecule has 1 N–H and O–H groups in total. The van der Waals surface area contributed by atoms with E-state index in [0.29, 0.717) is 13.2 Å². The lowest BCUT2D eigenvalue weighted by atomic mass is 10.1. The van der Waals surface area contributed by atoms with E-state index in [4.69, 9.17) is 4.74 Å². The Balaban J connectivity index is 2.08. The predicted molar refractivity (Wildman–Crippen MR) is 73.2 cm³/mol. The largest absolute Gasteiger partial charge is 0.374 e. The van der Waals surface area contributed by atoms with Crippen molar-refractivity contribution in [2.45, 2.75) is 25.9 Å². The first kappa shape index (κ1) is 14.5. The molecule has 3 nitrogen and oxygen atoms in total. The summed E-state index contributed by atoms with van der Waals surface area (Å²) in [5.41, 5.74) is 1.19. The van der Waals surface area contributed by atoms with Crippen molar-refractivity contribution in [3.8, 4) is 0 Å². The van der Waals surface area contributed by atoms with E-state index in [2.05, 4.69) is 31.0 Å². The molecule has 1 atom stereocenters. The Morgan fingerprint density at radius 3 is 2.78 bits per heavy atom. The summed E-state index contributed by atoms with van der Waals surface area (Å²) in [5.74, 6) is -0.117. The maximum Gasteiger partial charge on any atom is 0.243 e. The van der Waals surface area contributed by atoms with Crippen LogP contribution in [0.5, 0.6) is 0 Å². The fourth-order valence-corrected chi connectivity index (χ4v) is 1.59. The van der Waals surface area contributed by atoms with Crippen molar-refractivity contribution >= 4 is 5.91 Å². The zero-order valence-electron chi connectivity index (χ0n) is 10.9. The molecular weight excluding hydrogens is 226 g/mol. The van der Waals surface area contributed by atoms with E-state index in [-0.39, 0.29) is 12.0 Å². The minimum atomic E-state index is -0.117. The molecule has 1 aromatic rings. The third-order valence-corrected chi connectivity index (χ3v) is 2.69. The Kier molecular flexibility index (Phi) is 6.81. The molecule has 3 heteroatoms. The molecule has 1 amide bonds. The van der Waals surface area contributed by atoms with E-state index in [9.17, 15) is 4.79 Å². The van der Waals surface area contributed by atoms with Crippen molar-refractivity contribution in [2.75, 3.05) is 13.2 Å². The standard InChI is InChI=1S/C15H21NO2/c1-3-15(17)16-11-7-8-12-18-13(2)14-9-5-4-6-10-14/h3-6,9-10,13H,1,7-8,11-12H2,2H3,(H,16,17). The molecule has 0 aromatic heterocycles. The Morgan fingerprint density at radius 2 is 2.11 bits per heavy atom. The van der Waals surface area contributed by atoms with Crippen LogP contribution in [0.3, 0.4) is 0 Å². The van der Waals surface area contributed by atoms with Crippen molar-refractivity contribution in [1.29, 1.82) is 0 Å². The molecule has 0 spiro atoms. The summed E-state index contributed by atoms with van der Waals surface area (Å²) in [4.78, 5) is 10.9.